The molecule has 3 atom stereocenters. The van der Waals surface area contributed by atoms with Crippen LogP contribution in [0.5, 0.6) is 17.6 Å². The number of benzene rings is 1. The number of nitrogens with zero attached hydrogens (tertiary/aromatic N) is 5. The molecule has 5 heterocycles. The summed E-state index contributed by atoms with van der Waals surface area (Å²) in [6.45, 7) is 2.18. The quantitative estimate of drug-likeness (QED) is 0.334. The van der Waals surface area contributed by atoms with E-state index in [2.05, 4.69) is 19.9 Å². The second-order valence-corrected chi connectivity index (χ2v) is 12.3. The molecular weight excluding hydrogens is 578 g/mol. The highest BCUT2D eigenvalue weighted by molar-refractivity contribution is 6.32. The van der Waals surface area contributed by atoms with E-state index in [0.29, 0.717) is 29.1 Å². The first-order valence-electron chi connectivity index (χ1n) is 14.3. The summed E-state index contributed by atoms with van der Waals surface area (Å²) < 4.78 is 70.5. The summed E-state index contributed by atoms with van der Waals surface area (Å²) in [6, 6.07) is 2.06. The van der Waals surface area contributed by atoms with Crippen LogP contribution in [0.2, 0.25) is 5.02 Å². The average molecular weight is 608 g/mol. The molecule has 8 nitrogen and oxygen atoms in total. The molecule has 1 aliphatic carbocycles. The summed E-state index contributed by atoms with van der Waals surface area (Å²) in [5.41, 5.74) is 0.128. The first kappa shape index (κ1) is 27.7. The maximum absolute atomic E-state index is 16.6. The highest BCUT2D eigenvalue weighted by atomic mass is 35.5. The van der Waals surface area contributed by atoms with E-state index in [0.717, 1.165) is 32.2 Å². The van der Waals surface area contributed by atoms with Crippen molar-refractivity contribution < 1.29 is 32.1 Å². The number of aromatic hydroxyl groups is 1. The topological polar surface area (TPSA) is 83.8 Å². The summed E-state index contributed by atoms with van der Waals surface area (Å²) >= 11 is 6.50. The van der Waals surface area contributed by atoms with Crippen molar-refractivity contribution in [3.8, 4) is 28.9 Å². The normalized spacial score (nSPS) is 25.6. The molecule has 0 amide bonds. The third kappa shape index (κ3) is 4.67. The lowest BCUT2D eigenvalue weighted by molar-refractivity contribution is 0.107. The van der Waals surface area contributed by atoms with Gasteiger partial charge in [-0.25, -0.2) is 22.5 Å². The monoisotopic (exact) mass is 607 g/mol. The van der Waals surface area contributed by atoms with Gasteiger partial charge in [-0.3, -0.25) is 4.90 Å². The Labute approximate surface area is 244 Å². The van der Waals surface area contributed by atoms with E-state index in [4.69, 9.17) is 21.1 Å². The van der Waals surface area contributed by atoms with Gasteiger partial charge in [0.25, 0.3) is 6.43 Å². The smallest absolute Gasteiger partial charge is 0.319 e. The predicted octanol–water partition coefficient (Wildman–Crippen LogP) is 5.87. The van der Waals surface area contributed by atoms with Crippen LogP contribution in [0.4, 0.5) is 23.4 Å². The van der Waals surface area contributed by atoms with Crippen molar-refractivity contribution in [2.24, 2.45) is 0 Å². The van der Waals surface area contributed by atoms with Crippen molar-refractivity contribution in [1.82, 2.24) is 19.9 Å². The van der Waals surface area contributed by atoms with Gasteiger partial charge in [-0.15, -0.1) is 0 Å². The Morgan fingerprint density at radius 3 is 2.81 bits per heavy atom. The lowest BCUT2D eigenvalue weighted by atomic mass is 9.95. The Morgan fingerprint density at radius 2 is 2.05 bits per heavy atom. The molecule has 0 bridgehead atoms. The zero-order valence-corrected chi connectivity index (χ0v) is 23.7. The number of hydrogen-bond acceptors (Lipinski definition) is 8. The maximum atomic E-state index is 16.6. The fourth-order valence-electron chi connectivity index (χ4n) is 6.81. The van der Waals surface area contributed by atoms with Crippen molar-refractivity contribution in [2.45, 2.75) is 69.1 Å². The number of aromatic nitrogens is 3. The van der Waals surface area contributed by atoms with Crippen LogP contribution < -0.4 is 14.4 Å². The molecule has 2 aromatic heterocycles. The average Bonchev–Trinajstić information content (AvgIpc) is 3.64. The number of phenols is 1. The Kier molecular flexibility index (Phi) is 6.76. The summed E-state index contributed by atoms with van der Waals surface area (Å²) in [6.07, 6.45) is -0.00576. The second-order valence-electron chi connectivity index (χ2n) is 11.9. The molecule has 224 valence electrons. The third-order valence-corrected chi connectivity index (χ3v) is 9.21. The third-order valence-electron chi connectivity index (χ3n) is 8.90. The number of rotatable bonds is 7. The summed E-state index contributed by atoms with van der Waals surface area (Å²) in [5, 5.41) is 10.7. The molecule has 1 saturated carbocycles. The molecular formula is C29H30ClF4N5O3. The van der Waals surface area contributed by atoms with Crippen molar-refractivity contribution in [1.29, 1.82) is 0 Å². The van der Waals surface area contributed by atoms with Crippen LogP contribution in [0.1, 0.15) is 50.5 Å². The van der Waals surface area contributed by atoms with Crippen LogP contribution in [-0.4, -0.2) is 82.0 Å². The first-order valence-corrected chi connectivity index (χ1v) is 14.6. The number of alkyl halides is 3. The minimum Gasteiger partial charge on any atom is -0.508 e. The molecule has 0 unspecified atom stereocenters. The number of hydrogen-bond donors (Lipinski definition) is 1. The number of ether oxygens (including phenoxy) is 2. The van der Waals surface area contributed by atoms with Gasteiger partial charge in [-0.2, -0.15) is 9.97 Å². The number of pyridine rings is 1. The summed E-state index contributed by atoms with van der Waals surface area (Å²) in [4.78, 5) is 16.8. The molecule has 7 rings (SSSR count). The van der Waals surface area contributed by atoms with E-state index >= 15 is 4.39 Å². The van der Waals surface area contributed by atoms with Gasteiger partial charge in [0.2, 0.25) is 5.88 Å². The molecule has 1 aromatic carbocycles. The predicted molar refractivity (Wildman–Crippen MR) is 148 cm³/mol. The lowest BCUT2D eigenvalue weighted by Crippen LogP contribution is -2.43. The fourth-order valence-corrected chi connectivity index (χ4v) is 7.17. The molecule has 0 spiro atoms. The van der Waals surface area contributed by atoms with E-state index in [1.807, 2.05) is 0 Å². The molecule has 42 heavy (non-hydrogen) atoms. The van der Waals surface area contributed by atoms with E-state index in [-0.39, 0.29) is 59.2 Å². The van der Waals surface area contributed by atoms with Gasteiger partial charge >= 0.3 is 6.01 Å². The number of anilines is 1. The molecule has 0 radical (unpaired) electrons. The largest absolute Gasteiger partial charge is 0.508 e. The van der Waals surface area contributed by atoms with Gasteiger partial charge in [0.05, 0.1) is 18.1 Å². The number of halogens is 5. The van der Waals surface area contributed by atoms with E-state index in [1.165, 1.54) is 17.0 Å². The molecule has 3 aliphatic heterocycles. The lowest BCUT2D eigenvalue weighted by Gasteiger charge is -2.31. The van der Waals surface area contributed by atoms with Gasteiger partial charge < -0.3 is 19.5 Å². The Hall–Kier alpha value is -3.12. The molecule has 1 N–H and O–H groups in total. The van der Waals surface area contributed by atoms with Crippen molar-refractivity contribution in [2.75, 3.05) is 37.7 Å². The zero-order valence-electron chi connectivity index (χ0n) is 22.9. The molecule has 13 heteroatoms. The van der Waals surface area contributed by atoms with Crippen LogP contribution >= 0.6 is 11.6 Å². The minimum atomic E-state index is -2.71. The molecule has 3 fully saturated rings. The molecule has 3 aromatic rings. The molecule has 2 saturated heterocycles. The zero-order chi connectivity index (χ0) is 29.3. The van der Waals surface area contributed by atoms with E-state index in [9.17, 15) is 18.3 Å². The van der Waals surface area contributed by atoms with Crippen molar-refractivity contribution >= 4 is 28.3 Å². The Balaban J connectivity index is 1.40. The van der Waals surface area contributed by atoms with Crippen LogP contribution in [0.3, 0.4) is 0 Å². The Bertz CT molecular complexity index is 1560. The highest BCUT2D eigenvalue weighted by Crippen LogP contribution is 2.50. The van der Waals surface area contributed by atoms with Gasteiger partial charge in [-0.05, 0) is 62.8 Å². The van der Waals surface area contributed by atoms with Crippen LogP contribution in [0, 0.1) is 5.82 Å². The summed E-state index contributed by atoms with van der Waals surface area (Å²) in [7, 11) is 0. The van der Waals surface area contributed by atoms with Crippen LogP contribution in [-0.2, 0) is 0 Å². The second kappa shape index (κ2) is 10.3. The van der Waals surface area contributed by atoms with Crippen LogP contribution in [0.15, 0.2) is 12.1 Å². The van der Waals surface area contributed by atoms with Gasteiger partial charge in [0.15, 0.2) is 5.82 Å². The summed E-state index contributed by atoms with van der Waals surface area (Å²) in [5.74, 6) is -0.888. The Morgan fingerprint density at radius 1 is 1.24 bits per heavy atom. The standard InChI is InChI=1S/C29H30ClF4N5O3/c1-14-12-41-27-22-25(23(34)24(35-27)18-7-17(40)8-19(30)21(18)15-3-4-15)36-28(37-26(22)39(14)11-20(32)33)42-13-29-5-2-6-38(29)10-16(31)9-29/h7-8,14-16,20,40H,2-6,9-13H2,1H3/t14-,16+,29-/m0/s1. The SMILES string of the molecule is C[C@H]1COc2nc(-c3cc(O)cc(Cl)c3C3CC3)c(F)c3nc(OC[C@@]45CCCN4C[C@H](F)C5)nc(c23)N1CC(F)F. The van der Waals surface area contributed by atoms with Gasteiger partial charge in [0, 0.05) is 23.6 Å². The van der Waals surface area contributed by atoms with Crippen molar-refractivity contribution in [3.63, 3.8) is 0 Å². The van der Waals surface area contributed by atoms with Crippen LogP contribution in [0.25, 0.3) is 22.2 Å². The maximum Gasteiger partial charge on any atom is 0.319 e. The van der Waals surface area contributed by atoms with E-state index < -0.39 is 36.5 Å². The minimum absolute atomic E-state index is 0.00981. The van der Waals surface area contributed by atoms with Gasteiger partial charge in [-0.1, -0.05) is 11.6 Å². The van der Waals surface area contributed by atoms with Gasteiger partial charge in [0.1, 0.15) is 47.5 Å². The van der Waals surface area contributed by atoms with Crippen molar-refractivity contribution in [3.05, 3.63) is 28.5 Å². The van der Waals surface area contributed by atoms with E-state index in [1.54, 1.807) is 6.92 Å². The molecule has 4 aliphatic rings. The number of fused-ring (bicyclic) bond motifs is 1. The fraction of sp³-hybridized carbons (Fsp3) is 0.552. The number of phenolic OH excluding ortho intramolecular Hbond substituents is 1. The first-order chi connectivity index (χ1) is 20.1. The highest BCUT2D eigenvalue weighted by Gasteiger charge is 2.49.